The van der Waals surface area contributed by atoms with Gasteiger partial charge >= 0.3 is 0 Å². The molecule has 0 saturated carbocycles. The zero-order valence-electron chi connectivity index (χ0n) is 13.5. The highest BCUT2D eigenvalue weighted by atomic mass is 35.5. The number of carbonyl (C=O) groups excluding carboxylic acids is 1. The molecule has 0 aliphatic heterocycles. The third-order valence-corrected chi connectivity index (χ3v) is 3.31. The van der Waals surface area contributed by atoms with E-state index in [4.69, 9.17) is 0 Å². The first-order chi connectivity index (χ1) is 11.0. The fourth-order valence-corrected chi connectivity index (χ4v) is 2.17. The van der Waals surface area contributed by atoms with E-state index in [0.29, 0.717) is 23.4 Å². The zero-order chi connectivity index (χ0) is 16.8. The van der Waals surface area contributed by atoms with Crippen LogP contribution < -0.4 is 10.6 Å². The standard InChI is InChI=1S/C15H19N5O3.ClH/c1-16-8-3-9-17-15(21)13-10-19(2)18-14(13)11-4-6-12(7-5-11)20(22)23;/h4-7,10,16H,3,8-9H2,1-2H3,(H,17,21);1H. The molecule has 0 spiro atoms. The fraction of sp³-hybridized carbons (Fsp3) is 0.333. The van der Waals surface area contributed by atoms with Gasteiger partial charge in [0.25, 0.3) is 11.6 Å². The van der Waals surface area contributed by atoms with E-state index in [1.165, 1.54) is 12.1 Å². The molecule has 0 bridgehead atoms. The first kappa shape index (κ1) is 19.6. The predicted octanol–water partition coefficient (Wildman–Crippen LogP) is 1.76. The van der Waals surface area contributed by atoms with E-state index >= 15 is 0 Å². The van der Waals surface area contributed by atoms with Gasteiger partial charge in [0.2, 0.25) is 0 Å². The molecular formula is C15H20ClN5O3. The monoisotopic (exact) mass is 353 g/mol. The number of non-ortho nitro benzene ring substituents is 1. The predicted molar refractivity (Wildman–Crippen MR) is 93.4 cm³/mol. The number of aryl methyl sites for hydroxylation is 1. The average Bonchev–Trinajstić information content (AvgIpc) is 2.93. The molecule has 130 valence electrons. The van der Waals surface area contributed by atoms with Crippen LogP contribution in [0.3, 0.4) is 0 Å². The maximum Gasteiger partial charge on any atom is 0.269 e. The molecule has 1 aromatic heterocycles. The van der Waals surface area contributed by atoms with Gasteiger partial charge in [-0.1, -0.05) is 0 Å². The van der Waals surface area contributed by atoms with Crippen molar-refractivity contribution >= 4 is 24.0 Å². The number of rotatable bonds is 7. The van der Waals surface area contributed by atoms with Crippen molar-refractivity contribution in [2.24, 2.45) is 7.05 Å². The molecule has 2 aromatic rings. The van der Waals surface area contributed by atoms with Gasteiger partial charge in [-0.3, -0.25) is 19.6 Å². The smallest absolute Gasteiger partial charge is 0.269 e. The molecule has 2 rings (SSSR count). The molecular weight excluding hydrogens is 334 g/mol. The lowest BCUT2D eigenvalue weighted by Crippen LogP contribution is -2.26. The number of benzene rings is 1. The number of amides is 1. The van der Waals surface area contributed by atoms with Crippen LogP contribution in [0, 0.1) is 10.1 Å². The van der Waals surface area contributed by atoms with Gasteiger partial charge in [0, 0.05) is 37.5 Å². The van der Waals surface area contributed by atoms with Crippen molar-refractivity contribution in [3.8, 4) is 11.3 Å². The van der Waals surface area contributed by atoms with E-state index in [0.717, 1.165) is 13.0 Å². The summed E-state index contributed by atoms with van der Waals surface area (Å²) in [5, 5.41) is 20.9. The van der Waals surface area contributed by atoms with E-state index in [1.54, 1.807) is 30.1 Å². The number of nitrogens with zero attached hydrogens (tertiary/aromatic N) is 3. The normalized spacial score (nSPS) is 10.1. The molecule has 1 aromatic carbocycles. The van der Waals surface area contributed by atoms with Gasteiger partial charge in [0.15, 0.2) is 0 Å². The molecule has 0 radical (unpaired) electrons. The molecule has 0 aliphatic carbocycles. The summed E-state index contributed by atoms with van der Waals surface area (Å²) < 4.78 is 1.55. The minimum Gasteiger partial charge on any atom is -0.352 e. The van der Waals surface area contributed by atoms with Crippen molar-refractivity contribution < 1.29 is 9.72 Å². The summed E-state index contributed by atoms with van der Waals surface area (Å²) in [5.74, 6) is -0.206. The van der Waals surface area contributed by atoms with Gasteiger partial charge in [0.05, 0.1) is 10.5 Å². The Morgan fingerprint density at radius 3 is 2.54 bits per heavy atom. The van der Waals surface area contributed by atoms with Crippen molar-refractivity contribution in [1.82, 2.24) is 20.4 Å². The third-order valence-electron chi connectivity index (χ3n) is 3.31. The Morgan fingerprint density at radius 2 is 1.96 bits per heavy atom. The molecule has 9 heteroatoms. The van der Waals surface area contributed by atoms with Crippen LogP contribution in [0.25, 0.3) is 11.3 Å². The number of aromatic nitrogens is 2. The Morgan fingerprint density at radius 1 is 1.29 bits per heavy atom. The van der Waals surface area contributed by atoms with Crippen molar-refractivity contribution in [2.45, 2.75) is 6.42 Å². The third kappa shape index (κ3) is 4.77. The van der Waals surface area contributed by atoms with Gasteiger partial charge < -0.3 is 10.6 Å². The molecule has 8 nitrogen and oxygen atoms in total. The maximum absolute atomic E-state index is 12.3. The molecule has 0 saturated heterocycles. The molecule has 0 fully saturated rings. The number of carbonyl (C=O) groups is 1. The quantitative estimate of drug-likeness (QED) is 0.448. The number of nitro groups is 1. The Balaban J connectivity index is 0.00000288. The molecule has 0 unspecified atom stereocenters. The van der Waals surface area contributed by atoms with E-state index < -0.39 is 4.92 Å². The largest absolute Gasteiger partial charge is 0.352 e. The second-order valence-corrected chi connectivity index (χ2v) is 5.08. The number of hydrogen-bond donors (Lipinski definition) is 2. The van der Waals surface area contributed by atoms with Gasteiger partial charge in [-0.2, -0.15) is 5.10 Å². The first-order valence-electron chi connectivity index (χ1n) is 7.24. The second kappa shape index (κ2) is 8.99. The molecule has 2 N–H and O–H groups in total. The minimum absolute atomic E-state index is 0. The van der Waals surface area contributed by atoms with E-state index in [9.17, 15) is 14.9 Å². The van der Waals surface area contributed by atoms with Crippen LogP contribution in [0.5, 0.6) is 0 Å². The van der Waals surface area contributed by atoms with Crippen molar-refractivity contribution in [1.29, 1.82) is 0 Å². The van der Waals surface area contributed by atoms with Crippen molar-refractivity contribution in [3.63, 3.8) is 0 Å². The average molecular weight is 354 g/mol. The lowest BCUT2D eigenvalue weighted by atomic mass is 10.1. The first-order valence-corrected chi connectivity index (χ1v) is 7.24. The summed E-state index contributed by atoms with van der Waals surface area (Å²) in [6.45, 7) is 1.39. The van der Waals surface area contributed by atoms with E-state index in [2.05, 4.69) is 15.7 Å². The molecule has 0 aliphatic rings. The molecule has 1 heterocycles. The van der Waals surface area contributed by atoms with Crippen LogP contribution in [0.15, 0.2) is 30.5 Å². The summed E-state index contributed by atoms with van der Waals surface area (Å²) in [5.41, 5.74) is 1.62. The highest BCUT2D eigenvalue weighted by molar-refractivity contribution is 5.99. The molecule has 0 atom stereocenters. The van der Waals surface area contributed by atoms with Crippen LogP contribution in [0.4, 0.5) is 5.69 Å². The van der Waals surface area contributed by atoms with Crippen LogP contribution in [-0.4, -0.2) is 40.7 Å². The zero-order valence-corrected chi connectivity index (χ0v) is 14.3. The van der Waals surface area contributed by atoms with Crippen LogP contribution in [0.1, 0.15) is 16.8 Å². The fourth-order valence-electron chi connectivity index (χ4n) is 2.17. The maximum atomic E-state index is 12.3. The summed E-state index contributed by atoms with van der Waals surface area (Å²) in [7, 11) is 3.59. The highest BCUT2D eigenvalue weighted by Gasteiger charge is 2.17. The summed E-state index contributed by atoms with van der Waals surface area (Å²) in [6, 6.07) is 5.99. The van der Waals surface area contributed by atoms with E-state index in [1.807, 2.05) is 7.05 Å². The SMILES string of the molecule is CNCCCNC(=O)c1cn(C)nc1-c1ccc([N+](=O)[O-])cc1.Cl. The van der Waals surface area contributed by atoms with Crippen LogP contribution in [-0.2, 0) is 7.05 Å². The van der Waals surface area contributed by atoms with Crippen LogP contribution >= 0.6 is 12.4 Å². The molecule has 24 heavy (non-hydrogen) atoms. The summed E-state index contributed by atoms with van der Waals surface area (Å²) in [4.78, 5) is 22.6. The minimum atomic E-state index is -0.461. The number of nitrogens with one attached hydrogen (secondary N) is 2. The Kier molecular flexibility index (Phi) is 7.34. The summed E-state index contributed by atoms with van der Waals surface area (Å²) in [6.07, 6.45) is 2.47. The van der Waals surface area contributed by atoms with Crippen molar-refractivity contribution in [3.05, 3.63) is 46.1 Å². The number of halogens is 1. The highest BCUT2D eigenvalue weighted by Crippen LogP contribution is 2.24. The topological polar surface area (TPSA) is 102 Å². The second-order valence-electron chi connectivity index (χ2n) is 5.08. The molecule has 1 amide bonds. The Hall–Kier alpha value is -2.45. The lowest BCUT2D eigenvalue weighted by molar-refractivity contribution is -0.384. The number of nitro benzene ring substituents is 1. The lowest BCUT2D eigenvalue weighted by Gasteiger charge is -2.05. The van der Waals surface area contributed by atoms with Crippen LogP contribution in [0.2, 0.25) is 0 Å². The van der Waals surface area contributed by atoms with Gasteiger partial charge in [-0.25, -0.2) is 0 Å². The Bertz CT molecular complexity index is 700. The van der Waals surface area contributed by atoms with Gasteiger partial charge in [-0.05, 0) is 32.1 Å². The Labute approximate surface area is 145 Å². The summed E-state index contributed by atoms with van der Waals surface area (Å²) >= 11 is 0. The van der Waals surface area contributed by atoms with Gasteiger partial charge in [-0.15, -0.1) is 12.4 Å². The number of hydrogen-bond acceptors (Lipinski definition) is 5. The van der Waals surface area contributed by atoms with Crippen molar-refractivity contribution in [2.75, 3.05) is 20.1 Å². The van der Waals surface area contributed by atoms with Gasteiger partial charge in [0.1, 0.15) is 5.69 Å². The van der Waals surface area contributed by atoms with E-state index in [-0.39, 0.29) is 24.0 Å².